The predicted molar refractivity (Wildman–Crippen MR) is 76.3 cm³/mol. The van der Waals surface area contributed by atoms with Crippen LogP contribution in [0.4, 0.5) is 0 Å². The van der Waals surface area contributed by atoms with Crippen molar-refractivity contribution in [3.63, 3.8) is 0 Å². The normalized spacial score (nSPS) is 13.1. The zero-order valence-corrected chi connectivity index (χ0v) is 11.8. The summed E-state index contributed by atoms with van der Waals surface area (Å²) in [7, 11) is 0. The molecule has 0 fully saturated rings. The first kappa shape index (κ1) is 13.8. The van der Waals surface area contributed by atoms with Crippen LogP contribution in [0.5, 0.6) is 5.88 Å². The smallest absolute Gasteiger partial charge is 0.215 e. The third kappa shape index (κ3) is 3.23. The lowest BCUT2D eigenvalue weighted by Gasteiger charge is -2.13. The monoisotopic (exact) mass is 262 g/mol. The lowest BCUT2D eigenvalue weighted by atomic mass is 9.97. The zero-order chi connectivity index (χ0) is 13.8. The standard InChI is InChI=1S/C14H22N4O/c1-4-19-12-6-5-11-14(17-12)18-13(16-11)10(8-15)7-9(2)3/h5-6,9-10H,4,7-8,15H2,1-3H3,(H,16,17,18). The predicted octanol–water partition coefficient (Wildman–Crippen LogP) is 2.45. The van der Waals surface area contributed by atoms with Crippen molar-refractivity contribution in [2.24, 2.45) is 11.7 Å². The van der Waals surface area contributed by atoms with Crippen LogP contribution < -0.4 is 10.5 Å². The number of nitrogens with two attached hydrogens (primary N) is 1. The molecule has 0 spiro atoms. The van der Waals surface area contributed by atoms with Gasteiger partial charge in [0.1, 0.15) is 5.82 Å². The summed E-state index contributed by atoms with van der Waals surface area (Å²) in [4.78, 5) is 12.2. The van der Waals surface area contributed by atoms with Crippen molar-refractivity contribution in [3.05, 3.63) is 18.0 Å². The van der Waals surface area contributed by atoms with E-state index in [0.717, 1.165) is 17.8 Å². The quantitative estimate of drug-likeness (QED) is 0.838. The Bertz CT molecular complexity index is 535. The van der Waals surface area contributed by atoms with Crippen LogP contribution in [0.1, 0.15) is 38.9 Å². The van der Waals surface area contributed by atoms with Gasteiger partial charge in [0.2, 0.25) is 5.88 Å². The second-order valence-electron chi connectivity index (χ2n) is 5.14. The van der Waals surface area contributed by atoms with Crippen LogP contribution in [-0.4, -0.2) is 28.1 Å². The Morgan fingerprint density at radius 1 is 1.32 bits per heavy atom. The molecule has 0 aromatic carbocycles. The molecule has 0 aliphatic heterocycles. The summed E-state index contributed by atoms with van der Waals surface area (Å²) in [5, 5.41) is 0. The highest BCUT2D eigenvalue weighted by Gasteiger charge is 2.16. The molecule has 0 radical (unpaired) electrons. The van der Waals surface area contributed by atoms with Gasteiger partial charge < -0.3 is 15.5 Å². The van der Waals surface area contributed by atoms with Gasteiger partial charge in [0.15, 0.2) is 5.65 Å². The van der Waals surface area contributed by atoms with E-state index in [1.165, 1.54) is 0 Å². The minimum atomic E-state index is 0.254. The van der Waals surface area contributed by atoms with Crippen molar-refractivity contribution < 1.29 is 4.74 Å². The average molecular weight is 262 g/mol. The Hall–Kier alpha value is -1.62. The van der Waals surface area contributed by atoms with Crippen molar-refractivity contribution in [1.29, 1.82) is 0 Å². The Morgan fingerprint density at radius 2 is 2.11 bits per heavy atom. The van der Waals surface area contributed by atoms with E-state index in [4.69, 9.17) is 10.5 Å². The Labute approximate surface area is 113 Å². The van der Waals surface area contributed by atoms with Crippen molar-refractivity contribution >= 4 is 11.2 Å². The molecule has 2 aromatic rings. The topological polar surface area (TPSA) is 76.8 Å². The average Bonchev–Trinajstić information content (AvgIpc) is 2.79. The third-order valence-corrected chi connectivity index (χ3v) is 3.06. The summed E-state index contributed by atoms with van der Waals surface area (Å²) in [5.41, 5.74) is 7.48. The molecule has 2 heterocycles. The van der Waals surface area contributed by atoms with E-state index in [0.29, 0.717) is 30.6 Å². The van der Waals surface area contributed by atoms with E-state index in [1.54, 1.807) is 0 Å². The summed E-state index contributed by atoms with van der Waals surface area (Å²) in [6.45, 7) is 7.52. The summed E-state index contributed by atoms with van der Waals surface area (Å²) < 4.78 is 5.38. The second kappa shape index (κ2) is 6.02. The molecule has 19 heavy (non-hydrogen) atoms. The van der Waals surface area contributed by atoms with Crippen molar-refractivity contribution in [2.75, 3.05) is 13.2 Å². The maximum absolute atomic E-state index is 5.85. The maximum atomic E-state index is 5.85. The van der Waals surface area contributed by atoms with Crippen LogP contribution in [0.25, 0.3) is 11.2 Å². The van der Waals surface area contributed by atoms with E-state index in [-0.39, 0.29) is 5.92 Å². The van der Waals surface area contributed by atoms with Gasteiger partial charge in [0.25, 0.3) is 0 Å². The van der Waals surface area contributed by atoms with Gasteiger partial charge in [-0.15, -0.1) is 0 Å². The second-order valence-corrected chi connectivity index (χ2v) is 5.14. The molecule has 0 aliphatic carbocycles. The number of aromatic nitrogens is 3. The molecule has 3 N–H and O–H groups in total. The van der Waals surface area contributed by atoms with Crippen LogP contribution in [-0.2, 0) is 0 Å². The highest BCUT2D eigenvalue weighted by atomic mass is 16.5. The van der Waals surface area contributed by atoms with Crippen LogP contribution in [0.15, 0.2) is 12.1 Å². The third-order valence-electron chi connectivity index (χ3n) is 3.06. The number of nitrogens with zero attached hydrogens (tertiary/aromatic N) is 2. The molecular weight excluding hydrogens is 240 g/mol. The number of pyridine rings is 1. The molecule has 5 heteroatoms. The lowest BCUT2D eigenvalue weighted by Crippen LogP contribution is -2.15. The molecule has 0 saturated carbocycles. The summed E-state index contributed by atoms with van der Waals surface area (Å²) in [6, 6.07) is 3.81. The first-order chi connectivity index (χ1) is 9.13. The maximum Gasteiger partial charge on any atom is 0.215 e. The first-order valence-electron chi connectivity index (χ1n) is 6.83. The van der Waals surface area contributed by atoms with Crippen LogP contribution in [0, 0.1) is 5.92 Å². The number of hydrogen-bond donors (Lipinski definition) is 2. The molecule has 5 nitrogen and oxygen atoms in total. The van der Waals surface area contributed by atoms with Gasteiger partial charge in [-0.3, -0.25) is 0 Å². The molecule has 0 saturated heterocycles. The van der Waals surface area contributed by atoms with Gasteiger partial charge in [0.05, 0.1) is 12.1 Å². The van der Waals surface area contributed by atoms with E-state index < -0.39 is 0 Å². The van der Waals surface area contributed by atoms with Crippen molar-refractivity contribution in [3.8, 4) is 5.88 Å². The number of rotatable bonds is 6. The van der Waals surface area contributed by atoms with Gasteiger partial charge in [-0.2, -0.15) is 4.98 Å². The molecule has 2 aromatic heterocycles. The Morgan fingerprint density at radius 3 is 2.74 bits per heavy atom. The summed E-state index contributed by atoms with van der Waals surface area (Å²) in [5.74, 6) is 2.38. The van der Waals surface area contributed by atoms with Gasteiger partial charge >= 0.3 is 0 Å². The number of ether oxygens (including phenoxy) is 1. The summed E-state index contributed by atoms with van der Waals surface area (Å²) >= 11 is 0. The first-order valence-corrected chi connectivity index (χ1v) is 6.83. The van der Waals surface area contributed by atoms with Gasteiger partial charge in [-0.05, 0) is 25.3 Å². The molecule has 1 unspecified atom stereocenters. The molecule has 0 bridgehead atoms. The van der Waals surface area contributed by atoms with E-state index >= 15 is 0 Å². The minimum Gasteiger partial charge on any atom is -0.478 e. The number of fused-ring (bicyclic) bond motifs is 1. The highest BCUT2D eigenvalue weighted by Crippen LogP contribution is 2.23. The minimum absolute atomic E-state index is 0.254. The number of H-pyrrole nitrogens is 1. The molecule has 1 atom stereocenters. The molecule has 104 valence electrons. The molecule has 0 aliphatic rings. The SMILES string of the molecule is CCOc1ccc2[nH]c(C(CN)CC(C)C)nc2n1. The highest BCUT2D eigenvalue weighted by molar-refractivity contribution is 5.71. The van der Waals surface area contributed by atoms with Crippen molar-refractivity contribution in [1.82, 2.24) is 15.0 Å². The zero-order valence-electron chi connectivity index (χ0n) is 11.8. The molecule has 2 rings (SSSR count). The Balaban J connectivity index is 2.29. The van der Waals surface area contributed by atoms with Crippen molar-refractivity contribution in [2.45, 2.75) is 33.1 Å². The fraction of sp³-hybridized carbons (Fsp3) is 0.571. The van der Waals surface area contributed by atoms with Crippen LogP contribution >= 0.6 is 0 Å². The Kier molecular flexibility index (Phi) is 4.37. The van der Waals surface area contributed by atoms with Gasteiger partial charge in [0, 0.05) is 18.5 Å². The lowest BCUT2D eigenvalue weighted by molar-refractivity contribution is 0.328. The van der Waals surface area contributed by atoms with E-state index in [2.05, 4.69) is 28.8 Å². The molecular formula is C14H22N4O. The summed E-state index contributed by atoms with van der Waals surface area (Å²) in [6.07, 6.45) is 1.02. The molecule has 0 amide bonds. The van der Waals surface area contributed by atoms with Gasteiger partial charge in [-0.25, -0.2) is 4.98 Å². The number of imidazole rings is 1. The number of nitrogens with one attached hydrogen (secondary N) is 1. The number of aromatic amines is 1. The van der Waals surface area contributed by atoms with E-state index in [9.17, 15) is 0 Å². The van der Waals surface area contributed by atoms with Gasteiger partial charge in [-0.1, -0.05) is 13.8 Å². The van der Waals surface area contributed by atoms with Crippen LogP contribution in [0.2, 0.25) is 0 Å². The fourth-order valence-electron chi connectivity index (χ4n) is 2.20. The van der Waals surface area contributed by atoms with Crippen LogP contribution in [0.3, 0.4) is 0 Å². The fourth-order valence-corrected chi connectivity index (χ4v) is 2.20. The largest absolute Gasteiger partial charge is 0.478 e. The van der Waals surface area contributed by atoms with E-state index in [1.807, 2.05) is 19.1 Å². The number of hydrogen-bond acceptors (Lipinski definition) is 4.